The molecule has 2 heterocycles. The van der Waals surface area contributed by atoms with Crippen molar-refractivity contribution in [3.63, 3.8) is 0 Å². The first kappa shape index (κ1) is 21.6. The molecule has 0 spiro atoms. The van der Waals surface area contributed by atoms with E-state index in [1.807, 2.05) is 60.4 Å². The fourth-order valence-electron chi connectivity index (χ4n) is 3.68. The highest BCUT2D eigenvalue weighted by atomic mass is 16.5. The lowest BCUT2D eigenvalue weighted by Crippen LogP contribution is -2.52. The van der Waals surface area contributed by atoms with Crippen LogP contribution in [0.4, 0.5) is 17.5 Å². The number of hydrogen-bond donors (Lipinski definition) is 1. The number of hydrogen-bond acceptors (Lipinski definition) is 6. The molecule has 166 valence electrons. The minimum atomic E-state index is -0.524. The molecule has 32 heavy (non-hydrogen) atoms. The van der Waals surface area contributed by atoms with Crippen LogP contribution in [-0.2, 0) is 4.79 Å². The highest BCUT2D eigenvalue weighted by Crippen LogP contribution is 2.20. The molecule has 7 nitrogen and oxygen atoms in total. The van der Waals surface area contributed by atoms with Crippen LogP contribution in [0, 0.1) is 13.8 Å². The van der Waals surface area contributed by atoms with Gasteiger partial charge in [-0.25, -0.2) is 4.98 Å². The number of nitrogens with zero attached hydrogens (tertiary/aromatic N) is 4. The number of aryl methyl sites for hydroxylation is 2. The van der Waals surface area contributed by atoms with E-state index in [1.165, 1.54) is 5.56 Å². The molecule has 1 aromatic heterocycles. The molecule has 1 amide bonds. The third kappa shape index (κ3) is 5.35. The highest BCUT2D eigenvalue weighted by molar-refractivity contribution is 5.81. The largest absolute Gasteiger partial charge is 0.481 e. The number of carbonyl (C=O) groups excluding carboxylic acids is 1. The average molecular weight is 432 g/mol. The number of ether oxygens (including phenoxy) is 1. The molecule has 0 bridgehead atoms. The smallest absolute Gasteiger partial charge is 0.263 e. The van der Waals surface area contributed by atoms with Gasteiger partial charge >= 0.3 is 0 Å². The third-order valence-electron chi connectivity index (χ3n) is 5.44. The van der Waals surface area contributed by atoms with Gasteiger partial charge in [0.2, 0.25) is 5.95 Å². The number of benzene rings is 2. The van der Waals surface area contributed by atoms with Crippen molar-refractivity contribution in [1.29, 1.82) is 0 Å². The van der Waals surface area contributed by atoms with Crippen LogP contribution in [0.25, 0.3) is 0 Å². The van der Waals surface area contributed by atoms with E-state index in [-0.39, 0.29) is 5.91 Å². The molecule has 2 aromatic carbocycles. The van der Waals surface area contributed by atoms with Gasteiger partial charge in [0, 0.05) is 43.6 Å². The summed E-state index contributed by atoms with van der Waals surface area (Å²) in [4.78, 5) is 26.1. The summed E-state index contributed by atoms with van der Waals surface area (Å²) >= 11 is 0. The molecule has 0 unspecified atom stereocenters. The van der Waals surface area contributed by atoms with E-state index in [4.69, 9.17) is 9.72 Å². The number of piperazine rings is 1. The Balaban J connectivity index is 1.36. The molecule has 1 fully saturated rings. The summed E-state index contributed by atoms with van der Waals surface area (Å²) in [5.41, 5.74) is 3.10. The summed E-state index contributed by atoms with van der Waals surface area (Å²) in [5, 5.41) is 3.36. The van der Waals surface area contributed by atoms with Gasteiger partial charge in [0.25, 0.3) is 5.91 Å². The maximum atomic E-state index is 12.8. The topological polar surface area (TPSA) is 70.6 Å². The van der Waals surface area contributed by atoms with Crippen LogP contribution in [0.2, 0.25) is 0 Å². The molecule has 3 aromatic rings. The summed E-state index contributed by atoms with van der Waals surface area (Å²) in [6, 6.07) is 19.6. The maximum absolute atomic E-state index is 12.8. The molecule has 1 aliphatic rings. The zero-order chi connectivity index (χ0) is 22.5. The Bertz CT molecular complexity index is 1050. The van der Waals surface area contributed by atoms with Crippen LogP contribution in [-0.4, -0.2) is 53.1 Å². The molecule has 0 saturated carbocycles. The number of para-hydroxylation sites is 1. The summed E-state index contributed by atoms with van der Waals surface area (Å²) in [6.45, 7) is 8.41. The van der Waals surface area contributed by atoms with Gasteiger partial charge in [-0.2, -0.15) is 4.98 Å². The van der Waals surface area contributed by atoms with Crippen LogP contribution in [0.3, 0.4) is 0 Å². The fraction of sp³-hybridized carbons (Fsp3) is 0.320. The van der Waals surface area contributed by atoms with Crippen LogP contribution in [0.5, 0.6) is 5.75 Å². The average Bonchev–Trinajstić information content (AvgIpc) is 2.80. The summed E-state index contributed by atoms with van der Waals surface area (Å²) in [6.07, 6.45) is -0.524. The SMILES string of the molecule is Cc1ccc(Nc2cc(C)nc(N3CCN(C(=O)[C@@H](C)Oc4ccccc4)CC3)n2)cc1. The first-order chi connectivity index (χ1) is 15.5. The van der Waals surface area contributed by atoms with Gasteiger partial charge in [0.1, 0.15) is 11.6 Å². The minimum Gasteiger partial charge on any atom is -0.481 e. The molecule has 1 atom stereocenters. The van der Waals surface area contributed by atoms with Gasteiger partial charge in [0.05, 0.1) is 0 Å². The Hall–Kier alpha value is -3.61. The lowest BCUT2D eigenvalue weighted by Gasteiger charge is -2.36. The van der Waals surface area contributed by atoms with Crippen molar-refractivity contribution in [2.75, 3.05) is 36.4 Å². The van der Waals surface area contributed by atoms with Crippen LogP contribution in [0.15, 0.2) is 60.7 Å². The van der Waals surface area contributed by atoms with E-state index in [9.17, 15) is 4.79 Å². The number of nitrogens with one attached hydrogen (secondary N) is 1. The van der Waals surface area contributed by atoms with Gasteiger partial charge in [-0.3, -0.25) is 4.79 Å². The number of aromatic nitrogens is 2. The Labute approximate surface area is 189 Å². The second-order valence-electron chi connectivity index (χ2n) is 8.07. The predicted octanol–water partition coefficient (Wildman–Crippen LogP) is 3.95. The van der Waals surface area contributed by atoms with E-state index in [0.717, 1.165) is 17.2 Å². The third-order valence-corrected chi connectivity index (χ3v) is 5.44. The van der Waals surface area contributed by atoms with E-state index in [1.54, 1.807) is 6.92 Å². The van der Waals surface area contributed by atoms with Gasteiger partial charge < -0.3 is 19.9 Å². The van der Waals surface area contributed by atoms with Crippen LogP contribution >= 0.6 is 0 Å². The molecule has 0 radical (unpaired) electrons. The van der Waals surface area contributed by atoms with E-state index < -0.39 is 6.10 Å². The Kier molecular flexibility index (Phi) is 6.54. The van der Waals surface area contributed by atoms with Crippen molar-refractivity contribution in [3.8, 4) is 5.75 Å². The Morgan fingerprint density at radius 3 is 2.34 bits per heavy atom. The quantitative estimate of drug-likeness (QED) is 0.637. The zero-order valence-electron chi connectivity index (χ0n) is 18.8. The lowest BCUT2D eigenvalue weighted by molar-refractivity contribution is -0.138. The highest BCUT2D eigenvalue weighted by Gasteiger charge is 2.27. The van der Waals surface area contributed by atoms with Crippen LogP contribution < -0.4 is 15.0 Å². The first-order valence-corrected chi connectivity index (χ1v) is 10.9. The summed E-state index contributed by atoms with van der Waals surface area (Å²) < 4.78 is 5.80. The molecule has 1 N–H and O–H groups in total. The molecule has 4 rings (SSSR count). The Morgan fingerprint density at radius 1 is 0.969 bits per heavy atom. The fourth-order valence-corrected chi connectivity index (χ4v) is 3.68. The van der Waals surface area contributed by atoms with Crippen molar-refractivity contribution in [2.45, 2.75) is 26.9 Å². The van der Waals surface area contributed by atoms with Crippen molar-refractivity contribution >= 4 is 23.4 Å². The van der Waals surface area contributed by atoms with Crippen molar-refractivity contribution in [1.82, 2.24) is 14.9 Å². The lowest BCUT2D eigenvalue weighted by atomic mass is 10.2. The van der Waals surface area contributed by atoms with Gasteiger partial charge in [0.15, 0.2) is 6.10 Å². The van der Waals surface area contributed by atoms with Crippen molar-refractivity contribution in [3.05, 3.63) is 71.9 Å². The molecule has 7 heteroatoms. The van der Waals surface area contributed by atoms with E-state index in [0.29, 0.717) is 37.9 Å². The first-order valence-electron chi connectivity index (χ1n) is 10.9. The van der Waals surface area contributed by atoms with Crippen molar-refractivity contribution in [2.24, 2.45) is 0 Å². The number of amides is 1. The molecule has 1 saturated heterocycles. The van der Waals surface area contributed by atoms with Gasteiger partial charge in [-0.1, -0.05) is 35.9 Å². The van der Waals surface area contributed by atoms with Crippen molar-refractivity contribution < 1.29 is 9.53 Å². The van der Waals surface area contributed by atoms with E-state index in [2.05, 4.69) is 34.3 Å². The summed E-state index contributed by atoms with van der Waals surface area (Å²) in [7, 11) is 0. The van der Waals surface area contributed by atoms with Gasteiger partial charge in [-0.15, -0.1) is 0 Å². The standard InChI is InChI=1S/C25H29N5O2/c1-18-9-11-21(12-10-18)27-23-17-19(2)26-25(28-23)30-15-13-29(14-16-30)24(31)20(3)32-22-7-5-4-6-8-22/h4-12,17,20H,13-16H2,1-3H3,(H,26,27,28)/t20-/m1/s1. The van der Waals surface area contributed by atoms with E-state index >= 15 is 0 Å². The van der Waals surface area contributed by atoms with Gasteiger partial charge in [-0.05, 0) is 45.0 Å². The molecule has 0 aliphatic carbocycles. The Morgan fingerprint density at radius 2 is 1.66 bits per heavy atom. The summed E-state index contributed by atoms with van der Waals surface area (Å²) in [5.74, 6) is 2.15. The normalized spacial score (nSPS) is 14.7. The molecule has 1 aliphatic heterocycles. The molecular weight excluding hydrogens is 402 g/mol. The van der Waals surface area contributed by atoms with Crippen LogP contribution in [0.1, 0.15) is 18.2 Å². The maximum Gasteiger partial charge on any atom is 0.263 e. The minimum absolute atomic E-state index is 0.000361. The zero-order valence-corrected chi connectivity index (χ0v) is 18.8. The number of anilines is 3. The molecular formula is C25H29N5O2. The number of carbonyl (C=O) groups is 1. The monoisotopic (exact) mass is 431 g/mol. The second-order valence-corrected chi connectivity index (χ2v) is 8.07. The predicted molar refractivity (Wildman–Crippen MR) is 127 cm³/mol. The second kappa shape index (κ2) is 9.68. The number of rotatable bonds is 6.